The molecule has 13 rings (SSSR count). The molecule has 0 fully saturated rings. The summed E-state index contributed by atoms with van der Waals surface area (Å²) < 4.78 is 4.83. The van der Waals surface area contributed by atoms with Crippen molar-refractivity contribution < 1.29 is 0 Å². The highest BCUT2D eigenvalue weighted by atomic mass is 15.1. The maximum Gasteiger partial charge on any atom is 0.162 e. The van der Waals surface area contributed by atoms with Gasteiger partial charge in [0.2, 0.25) is 0 Å². The van der Waals surface area contributed by atoms with E-state index in [1.165, 1.54) is 48.7 Å². The van der Waals surface area contributed by atoms with Crippen molar-refractivity contribution in [2.75, 3.05) is 0 Å². The Bertz CT molecular complexity index is 3860. The number of para-hydroxylation sites is 2. The average Bonchev–Trinajstić information content (AvgIpc) is 3.85. The van der Waals surface area contributed by atoms with Gasteiger partial charge >= 0.3 is 0 Å². The molecule has 288 valence electrons. The molecule has 3 aromatic heterocycles. The van der Waals surface area contributed by atoms with Gasteiger partial charge in [-0.3, -0.25) is 4.57 Å². The van der Waals surface area contributed by atoms with Crippen molar-refractivity contribution in [2.45, 2.75) is 0 Å². The first-order chi connectivity index (χ1) is 30.7. The molecule has 0 N–H and O–H groups in total. The highest BCUT2D eigenvalue weighted by Gasteiger charge is 2.21. The van der Waals surface area contributed by atoms with Gasteiger partial charge in [0.25, 0.3) is 0 Å². The first-order valence-electron chi connectivity index (χ1n) is 21.2. The lowest BCUT2D eigenvalue weighted by Gasteiger charge is -2.15. The molecule has 0 spiro atoms. The Kier molecular flexibility index (Phi) is 7.57. The van der Waals surface area contributed by atoms with E-state index < -0.39 is 0 Å². The minimum atomic E-state index is 0.679. The predicted octanol–water partition coefficient (Wildman–Crippen LogP) is 15.1. The molecule has 0 unspecified atom stereocenters. The van der Waals surface area contributed by atoms with Gasteiger partial charge in [-0.1, -0.05) is 152 Å². The van der Waals surface area contributed by atoms with Crippen LogP contribution in [0, 0.1) is 0 Å². The molecule has 0 atom stereocenters. The summed E-state index contributed by atoms with van der Waals surface area (Å²) in [5.74, 6) is 1.53. The van der Waals surface area contributed by atoms with Crippen LogP contribution in [-0.4, -0.2) is 19.1 Å². The third-order valence-electron chi connectivity index (χ3n) is 12.6. The van der Waals surface area contributed by atoms with E-state index in [1.54, 1.807) is 0 Å². The van der Waals surface area contributed by atoms with Gasteiger partial charge in [-0.2, -0.15) is 0 Å². The van der Waals surface area contributed by atoms with Crippen molar-refractivity contribution in [1.29, 1.82) is 0 Å². The number of hydrogen-bond donors (Lipinski definition) is 0. The number of nitrogens with zero attached hydrogens (tertiary/aromatic N) is 4. The number of hydrogen-bond acceptors (Lipinski definition) is 2. The molecule has 0 saturated carbocycles. The maximum atomic E-state index is 5.60. The largest absolute Gasteiger partial charge is 0.309 e. The number of benzene rings is 10. The van der Waals surface area contributed by atoms with E-state index in [4.69, 9.17) is 9.97 Å². The number of fused-ring (bicyclic) bond motifs is 10. The van der Waals surface area contributed by atoms with Gasteiger partial charge in [0.15, 0.2) is 5.82 Å². The van der Waals surface area contributed by atoms with E-state index in [-0.39, 0.29) is 0 Å². The molecule has 4 nitrogen and oxygen atoms in total. The van der Waals surface area contributed by atoms with E-state index >= 15 is 0 Å². The van der Waals surface area contributed by atoms with Crippen molar-refractivity contribution >= 4 is 76.1 Å². The van der Waals surface area contributed by atoms with Gasteiger partial charge < -0.3 is 4.57 Å². The van der Waals surface area contributed by atoms with Gasteiger partial charge in [0, 0.05) is 43.6 Å². The van der Waals surface area contributed by atoms with Gasteiger partial charge in [0.05, 0.1) is 27.6 Å². The van der Waals surface area contributed by atoms with E-state index in [1.807, 2.05) is 0 Å². The Morgan fingerprint density at radius 1 is 0.290 bits per heavy atom. The Balaban J connectivity index is 1.10. The van der Waals surface area contributed by atoms with E-state index in [2.05, 4.69) is 228 Å². The van der Waals surface area contributed by atoms with Crippen LogP contribution in [0.15, 0.2) is 218 Å². The monoisotopic (exact) mass is 788 g/mol. The highest BCUT2D eigenvalue weighted by Crippen LogP contribution is 2.41. The fourth-order valence-electron chi connectivity index (χ4n) is 9.77. The SMILES string of the molecule is c1ccc(-c2cc(-c3ccccc3)cc(-c3nc(-n4c5ccc(-n6c7ccccc7c7ccc8ccccc8c76)cc5c5cc6ccccc6cc54)c4ccccc4n3)c2)cc1. The summed E-state index contributed by atoms with van der Waals surface area (Å²) in [6.07, 6.45) is 0. The van der Waals surface area contributed by atoms with E-state index in [9.17, 15) is 0 Å². The smallest absolute Gasteiger partial charge is 0.162 e. The Labute approximate surface area is 357 Å². The summed E-state index contributed by atoms with van der Waals surface area (Å²) in [4.78, 5) is 10.9. The zero-order valence-electron chi connectivity index (χ0n) is 33.6. The number of rotatable bonds is 5. The van der Waals surface area contributed by atoms with Crippen molar-refractivity contribution in [3.05, 3.63) is 218 Å². The summed E-state index contributed by atoms with van der Waals surface area (Å²) in [5.41, 5.74) is 12.1. The van der Waals surface area contributed by atoms with Crippen LogP contribution in [0.5, 0.6) is 0 Å². The molecule has 0 amide bonds. The van der Waals surface area contributed by atoms with Crippen LogP contribution in [0.1, 0.15) is 0 Å². The molecule has 62 heavy (non-hydrogen) atoms. The number of aromatic nitrogens is 4. The van der Waals surface area contributed by atoms with Gasteiger partial charge in [-0.15, -0.1) is 0 Å². The van der Waals surface area contributed by atoms with E-state index in [0.29, 0.717) is 5.82 Å². The average molecular weight is 789 g/mol. The lowest BCUT2D eigenvalue weighted by molar-refractivity contribution is 1.07. The molecule has 0 aliphatic rings. The first-order valence-corrected chi connectivity index (χ1v) is 21.2. The molecule has 13 aromatic rings. The van der Waals surface area contributed by atoms with Crippen LogP contribution in [0.4, 0.5) is 0 Å². The summed E-state index contributed by atoms with van der Waals surface area (Å²) in [6, 6.07) is 78.7. The van der Waals surface area contributed by atoms with Gasteiger partial charge in [-0.25, -0.2) is 9.97 Å². The molecule has 3 heterocycles. The molecule has 0 aliphatic carbocycles. The second-order valence-electron chi connectivity index (χ2n) is 16.2. The van der Waals surface area contributed by atoms with Gasteiger partial charge in [-0.05, 0) is 105 Å². The van der Waals surface area contributed by atoms with Gasteiger partial charge in [0.1, 0.15) is 5.82 Å². The second kappa shape index (κ2) is 13.6. The fourth-order valence-corrected chi connectivity index (χ4v) is 9.77. The molecule has 0 aliphatic heterocycles. The summed E-state index contributed by atoms with van der Waals surface area (Å²) >= 11 is 0. The van der Waals surface area contributed by atoms with Crippen molar-refractivity contribution in [1.82, 2.24) is 19.1 Å². The molecular weight excluding hydrogens is 753 g/mol. The molecule has 0 radical (unpaired) electrons. The van der Waals surface area contributed by atoms with E-state index in [0.717, 1.165) is 66.6 Å². The Morgan fingerprint density at radius 3 is 1.63 bits per heavy atom. The normalized spacial score (nSPS) is 11.9. The summed E-state index contributed by atoms with van der Waals surface area (Å²) in [7, 11) is 0. The summed E-state index contributed by atoms with van der Waals surface area (Å²) in [5, 5.41) is 10.7. The third kappa shape index (κ3) is 5.33. The minimum absolute atomic E-state index is 0.679. The standard InChI is InChI=1S/C58H36N4/c1-3-15-37(16-4-1)42-31-43(38-17-5-2-6-18-38)33-44(32-42)57-59-52-25-13-11-24-49(52)58(60-57)62-54-30-28-45(36-51(54)50-34-40-20-7-8-21-41(40)35-55(50)62)61-53-26-14-12-23-47(53)48-29-27-39-19-9-10-22-46(39)56(48)61/h1-36H. The Hall–Kier alpha value is -8.34. The lowest BCUT2D eigenvalue weighted by Crippen LogP contribution is -2.03. The lowest BCUT2D eigenvalue weighted by atomic mass is 9.96. The topological polar surface area (TPSA) is 35.6 Å². The maximum absolute atomic E-state index is 5.60. The Morgan fingerprint density at radius 2 is 0.871 bits per heavy atom. The van der Waals surface area contributed by atoms with Crippen LogP contribution in [0.25, 0.3) is 121 Å². The van der Waals surface area contributed by atoms with Crippen LogP contribution in [0.2, 0.25) is 0 Å². The molecule has 0 bridgehead atoms. The summed E-state index contributed by atoms with van der Waals surface area (Å²) in [6.45, 7) is 0. The molecule has 4 heteroatoms. The molecular formula is C58H36N4. The van der Waals surface area contributed by atoms with Crippen LogP contribution in [0.3, 0.4) is 0 Å². The van der Waals surface area contributed by atoms with Crippen LogP contribution < -0.4 is 0 Å². The minimum Gasteiger partial charge on any atom is -0.309 e. The highest BCUT2D eigenvalue weighted by molar-refractivity contribution is 6.19. The van der Waals surface area contributed by atoms with Crippen molar-refractivity contribution in [3.63, 3.8) is 0 Å². The third-order valence-corrected chi connectivity index (χ3v) is 12.6. The first kappa shape index (κ1) is 34.5. The molecule has 10 aromatic carbocycles. The van der Waals surface area contributed by atoms with Crippen LogP contribution >= 0.6 is 0 Å². The zero-order chi connectivity index (χ0) is 40.7. The zero-order valence-corrected chi connectivity index (χ0v) is 33.6. The second-order valence-corrected chi connectivity index (χ2v) is 16.2. The fraction of sp³-hybridized carbons (Fsp3) is 0. The molecule has 0 saturated heterocycles. The quantitative estimate of drug-likeness (QED) is 0.174. The van der Waals surface area contributed by atoms with Crippen LogP contribution in [-0.2, 0) is 0 Å². The van der Waals surface area contributed by atoms with Crippen molar-refractivity contribution in [3.8, 4) is 45.1 Å². The van der Waals surface area contributed by atoms with Crippen molar-refractivity contribution in [2.24, 2.45) is 0 Å². The predicted molar refractivity (Wildman–Crippen MR) is 260 cm³/mol.